The molecule has 154 valence electrons. The zero-order valence-corrected chi connectivity index (χ0v) is 17.2. The third-order valence-electron chi connectivity index (χ3n) is 4.59. The molecule has 4 aromatic rings. The van der Waals surface area contributed by atoms with Crippen LogP contribution in [0.3, 0.4) is 0 Å². The Morgan fingerprint density at radius 1 is 1.23 bits per heavy atom. The fraction of sp³-hybridized carbons (Fsp3) is 0.350. The van der Waals surface area contributed by atoms with E-state index in [0.29, 0.717) is 23.3 Å². The van der Waals surface area contributed by atoms with Crippen molar-refractivity contribution in [1.29, 1.82) is 0 Å². The molecule has 0 aliphatic heterocycles. The summed E-state index contributed by atoms with van der Waals surface area (Å²) >= 11 is 0. The van der Waals surface area contributed by atoms with Gasteiger partial charge in [-0.2, -0.15) is 9.97 Å². The van der Waals surface area contributed by atoms with Gasteiger partial charge >= 0.3 is 0 Å². The number of pyridine rings is 1. The molecular formula is C20H22N8O2. The van der Waals surface area contributed by atoms with Crippen molar-refractivity contribution in [3.8, 4) is 11.4 Å². The molecule has 10 heteroatoms. The van der Waals surface area contributed by atoms with Crippen LogP contribution in [0.5, 0.6) is 0 Å². The van der Waals surface area contributed by atoms with Gasteiger partial charge in [0.1, 0.15) is 6.04 Å². The highest BCUT2D eigenvalue weighted by atomic mass is 16.5. The van der Waals surface area contributed by atoms with Crippen LogP contribution >= 0.6 is 0 Å². The van der Waals surface area contributed by atoms with Crippen LogP contribution < -0.4 is 5.32 Å². The maximum atomic E-state index is 12.7. The molecule has 1 atom stereocenters. The predicted molar refractivity (Wildman–Crippen MR) is 107 cm³/mol. The van der Waals surface area contributed by atoms with Gasteiger partial charge in [0, 0.05) is 29.3 Å². The Balaban J connectivity index is 1.50. The zero-order valence-electron chi connectivity index (χ0n) is 17.2. The Labute approximate surface area is 172 Å². The van der Waals surface area contributed by atoms with Crippen LogP contribution in [0.15, 0.2) is 35.1 Å². The average molecular weight is 406 g/mol. The van der Waals surface area contributed by atoms with Gasteiger partial charge in [0.25, 0.3) is 5.78 Å². The van der Waals surface area contributed by atoms with E-state index in [0.717, 1.165) is 17.0 Å². The maximum Gasteiger partial charge on any atom is 0.252 e. The third kappa shape index (κ3) is 4.02. The molecule has 0 radical (unpaired) electrons. The molecule has 30 heavy (non-hydrogen) atoms. The molecule has 4 aromatic heterocycles. The van der Waals surface area contributed by atoms with E-state index in [-0.39, 0.29) is 18.2 Å². The summed E-state index contributed by atoms with van der Waals surface area (Å²) in [4.78, 5) is 29.9. The second kappa shape index (κ2) is 7.97. The quantitative estimate of drug-likeness (QED) is 0.517. The third-order valence-corrected chi connectivity index (χ3v) is 4.59. The first-order chi connectivity index (χ1) is 14.4. The van der Waals surface area contributed by atoms with Gasteiger partial charge in [-0.3, -0.25) is 9.78 Å². The van der Waals surface area contributed by atoms with Gasteiger partial charge in [-0.05, 0) is 38.0 Å². The minimum atomic E-state index is -0.436. The molecular weight excluding hydrogens is 384 g/mol. The first-order valence-corrected chi connectivity index (χ1v) is 9.64. The van der Waals surface area contributed by atoms with Crippen LogP contribution in [0.25, 0.3) is 17.2 Å². The fourth-order valence-corrected chi connectivity index (χ4v) is 3.14. The molecule has 0 saturated heterocycles. The highest BCUT2D eigenvalue weighted by molar-refractivity contribution is 5.78. The molecule has 10 nitrogen and oxygen atoms in total. The summed E-state index contributed by atoms with van der Waals surface area (Å²) < 4.78 is 7.05. The molecule has 0 spiro atoms. The first-order valence-electron chi connectivity index (χ1n) is 9.64. The van der Waals surface area contributed by atoms with Crippen molar-refractivity contribution in [1.82, 2.24) is 40.0 Å². The van der Waals surface area contributed by atoms with Gasteiger partial charge in [0.05, 0.1) is 6.42 Å². The number of rotatable bonds is 6. The van der Waals surface area contributed by atoms with Crippen molar-refractivity contribution >= 4 is 11.7 Å². The molecule has 1 N–H and O–H groups in total. The molecule has 0 aliphatic carbocycles. The van der Waals surface area contributed by atoms with E-state index in [9.17, 15) is 4.79 Å². The van der Waals surface area contributed by atoms with Crippen molar-refractivity contribution < 1.29 is 9.32 Å². The zero-order chi connectivity index (χ0) is 21.3. The molecule has 4 rings (SSSR count). The number of nitrogens with zero attached hydrogens (tertiary/aromatic N) is 7. The van der Waals surface area contributed by atoms with Crippen LogP contribution in [0.1, 0.15) is 43.0 Å². The summed E-state index contributed by atoms with van der Waals surface area (Å²) in [6.07, 6.45) is 3.35. The predicted octanol–water partition coefficient (Wildman–Crippen LogP) is 2.24. The topological polar surface area (TPSA) is 124 Å². The highest BCUT2D eigenvalue weighted by Crippen LogP contribution is 2.23. The van der Waals surface area contributed by atoms with Crippen molar-refractivity contribution in [3.05, 3.63) is 53.7 Å². The van der Waals surface area contributed by atoms with Gasteiger partial charge in [0.15, 0.2) is 5.82 Å². The van der Waals surface area contributed by atoms with Crippen LogP contribution in [-0.2, 0) is 11.2 Å². The summed E-state index contributed by atoms with van der Waals surface area (Å²) in [6.45, 7) is 7.76. The monoisotopic (exact) mass is 406 g/mol. The van der Waals surface area contributed by atoms with E-state index < -0.39 is 6.04 Å². The summed E-state index contributed by atoms with van der Waals surface area (Å²) in [6, 6.07) is 5.12. The molecule has 0 aliphatic rings. The summed E-state index contributed by atoms with van der Waals surface area (Å²) in [5.41, 5.74) is 2.50. The summed E-state index contributed by atoms with van der Waals surface area (Å²) in [5, 5.41) is 11.4. The van der Waals surface area contributed by atoms with Crippen molar-refractivity contribution in [3.63, 3.8) is 0 Å². The first kappa shape index (κ1) is 19.6. The van der Waals surface area contributed by atoms with Crippen LogP contribution in [-0.4, -0.2) is 40.6 Å². The Morgan fingerprint density at radius 2 is 2.07 bits per heavy atom. The average Bonchev–Trinajstić information content (AvgIpc) is 3.34. The molecule has 1 amide bonds. The lowest BCUT2D eigenvalue weighted by atomic mass is 10.0. The number of amides is 1. The molecule has 4 heterocycles. The van der Waals surface area contributed by atoms with E-state index in [2.05, 4.69) is 35.5 Å². The minimum Gasteiger partial charge on any atom is -0.344 e. The van der Waals surface area contributed by atoms with Crippen LogP contribution in [0.2, 0.25) is 0 Å². The standard InChI is InChI=1S/C20H22N8O2/c1-11(2)17(19-25-18(27-30-19)14-6-5-7-21-10-14)24-16(29)9-15-23-20-22-12(3)8-13(4)28(20)26-15/h5-8,10-11,17H,9H2,1-4H3,(H,24,29). The number of hydrogen-bond acceptors (Lipinski definition) is 8. The SMILES string of the molecule is Cc1cc(C)n2nc(CC(=O)NC(c3nc(-c4cccnc4)no3)C(C)C)nc2n1. The van der Waals surface area contributed by atoms with Gasteiger partial charge in [0.2, 0.25) is 17.6 Å². The van der Waals surface area contributed by atoms with E-state index in [1.54, 1.807) is 23.0 Å². The molecule has 0 saturated carbocycles. The number of hydrogen-bond donors (Lipinski definition) is 1. The molecule has 0 bridgehead atoms. The van der Waals surface area contributed by atoms with E-state index in [1.807, 2.05) is 39.8 Å². The van der Waals surface area contributed by atoms with Gasteiger partial charge in [-0.1, -0.05) is 19.0 Å². The number of carbonyl (C=O) groups excluding carboxylic acids is 1. The second-order valence-electron chi connectivity index (χ2n) is 7.44. The lowest BCUT2D eigenvalue weighted by Gasteiger charge is -2.18. The maximum absolute atomic E-state index is 12.7. The number of aromatic nitrogens is 7. The number of aryl methyl sites for hydroxylation is 2. The Hall–Kier alpha value is -3.69. The highest BCUT2D eigenvalue weighted by Gasteiger charge is 2.25. The van der Waals surface area contributed by atoms with Crippen molar-refractivity contribution in [2.24, 2.45) is 5.92 Å². The van der Waals surface area contributed by atoms with Crippen molar-refractivity contribution in [2.75, 3.05) is 0 Å². The van der Waals surface area contributed by atoms with E-state index in [1.165, 1.54) is 0 Å². The molecule has 0 fully saturated rings. The second-order valence-corrected chi connectivity index (χ2v) is 7.44. The van der Waals surface area contributed by atoms with E-state index in [4.69, 9.17) is 4.52 Å². The normalized spacial score (nSPS) is 12.4. The largest absolute Gasteiger partial charge is 0.344 e. The molecule has 0 aromatic carbocycles. The Bertz CT molecular complexity index is 1180. The van der Waals surface area contributed by atoms with Crippen LogP contribution in [0, 0.1) is 19.8 Å². The lowest BCUT2D eigenvalue weighted by molar-refractivity contribution is -0.121. The Kier molecular flexibility index (Phi) is 5.21. The minimum absolute atomic E-state index is 0.0225. The van der Waals surface area contributed by atoms with Crippen molar-refractivity contribution in [2.45, 2.75) is 40.2 Å². The number of carbonyl (C=O) groups is 1. The van der Waals surface area contributed by atoms with Gasteiger partial charge in [-0.15, -0.1) is 5.10 Å². The Morgan fingerprint density at radius 3 is 2.80 bits per heavy atom. The number of fused-ring (bicyclic) bond motifs is 1. The van der Waals surface area contributed by atoms with Gasteiger partial charge < -0.3 is 9.84 Å². The van der Waals surface area contributed by atoms with E-state index >= 15 is 0 Å². The smallest absolute Gasteiger partial charge is 0.252 e. The molecule has 1 unspecified atom stereocenters. The summed E-state index contributed by atoms with van der Waals surface area (Å²) in [5.74, 6) is 1.45. The lowest BCUT2D eigenvalue weighted by Crippen LogP contribution is -2.33. The van der Waals surface area contributed by atoms with Crippen LogP contribution in [0.4, 0.5) is 0 Å². The fourth-order valence-electron chi connectivity index (χ4n) is 3.14. The number of nitrogens with one attached hydrogen (secondary N) is 1. The summed E-state index contributed by atoms with van der Waals surface area (Å²) in [7, 11) is 0. The van der Waals surface area contributed by atoms with Gasteiger partial charge in [-0.25, -0.2) is 9.50 Å².